The fourth-order valence-electron chi connectivity index (χ4n) is 6.48. The monoisotopic (exact) mass is 882 g/mol. The average molecular weight is 885 g/mol. The fraction of sp³-hybridized carbons (Fsp3) is 0.267. The van der Waals surface area contributed by atoms with Crippen molar-refractivity contribution in [2.45, 2.75) is 69.8 Å². The molecule has 0 spiro atoms. The molecule has 10 heteroatoms. The number of hydrogen-bond acceptors (Lipinski definition) is 7. The molecule has 0 saturated heterocycles. The Bertz CT molecular complexity index is 2010. The van der Waals surface area contributed by atoms with Crippen LogP contribution in [0, 0.1) is 32.1 Å². The van der Waals surface area contributed by atoms with Gasteiger partial charge in [-0.2, -0.15) is 5.26 Å². The van der Waals surface area contributed by atoms with Gasteiger partial charge in [0.15, 0.2) is 0 Å². The van der Waals surface area contributed by atoms with Gasteiger partial charge in [0.2, 0.25) is 0 Å². The van der Waals surface area contributed by atoms with Crippen molar-refractivity contribution < 1.29 is 23.8 Å². The number of benzene rings is 5. The van der Waals surface area contributed by atoms with Gasteiger partial charge in [0.1, 0.15) is 30.6 Å². The molecule has 0 aromatic heterocycles. The molecular weight excluding hydrogens is 840 g/mol. The van der Waals surface area contributed by atoms with Crippen LogP contribution in [0.4, 0.5) is 4.79 Å². The van der Waals surface area contributed by atoms with Gasteiger partial charge in [-0.25, -0.2) is 9.59 Å². The molecule has 1 amide bonds. The smallest absolute Gasteiger partial charge is 0.408 e. The minimum atomic E-state index is -1.25. The highest BCUT2D eigenvalue weighted by Crippen LogP contribution is 2.51. The third-order valence-corrected chi connectivity index (χ3v) is 11.8. The van der Waals surface area contributed by atoms with E-state index in [1.165, 1.54) is 11.8 Å². The molecule has 0 radical (unpaired) electrons. The van der Waals surface area contributed by atoms with Crippen LogP contribution in [0.5, 0.6) is 5.75 Å². The van der Waals surface area contributed by atoms with E-state index >= 15 is 0 Å². The molecule has 0 aliphatic carbocycles. The Morgan fingerprint density at radius 2 is 1.25 bits per heavy atom. The van der Waals surface area contributed by atoms with Crippen molar-refractivity contribution in [1.29, 1.82) is 5.26 Å². The minimum Gasteiger partial charge on any atom is -0.490 e. The first-order valence-corrected chi connectivity index (χ1v) is 20.3. The van der Waals surface area contributed by atoms with Crippen molar-refractivity contribution in [3.05, 3.63) is 169 Å². The van der Waals surface area contributed by atoms with Gasteiger partial charge >= 0.3 is 12.1 Å². The van der Waals surface area contributed by atoms with Gasteiger partial charge in [-0.3, -0.25) is 0 Å². The van der Waals surface area contributed by atoms with Gasteiger partial charge < -0.3 is 19.5 Å². The number of hydrogen-bond donors (Lipinski definition) is 1. The number of ether oxygens (including phenoxy) is 3. The number of esters is 1. The number of nitriles is 1. The number of aryl methyl sites for hydroxylation is 3. The first-order chi connectivity index (χ1) is 26.2. The molecule has 1 N–H and O–H groups in total. The van der Waals surface area contributed by atoms with Crippen LogP contribution in [0.3, 0.4) is 0 Å². The topological polar surface area (TPSA) is 97.7 Å². The normalized spacial score (nSPS) is 12.6. The highest BCUT2D eigenvalue weighted by atomic mass is 79.9. The molecule has 5 aromatic carbocycles. The molecule has 0 aliphatic rings. The maximum absolute atomic E-state index is 14.7. The van der Waals surface area contributed by atoms with Crippen molar-refractivity contribution in [3.8, 4) is 11.8 Å². The van der Waals surface area contributed by atoms with Gasteiger partial charge in [0.25, 0.3) is 0 Å². The van der Waals surface area contributed by atoms with Crippen molar-refractivity contribution in [1.82, 2.24) is 5.32 Å². The summed E-state index contributed by atoms with van der Waals surface area (Å²) in [6, 6.07) is 38.6. The predicted molar refractivity (Wildman–Crippen MR) is 226 cm³/mol. The molecule has 0 aliphatic heterocycles. The molecule has 7 nitrogen and oxygen atoms in total. The van der Waals surface area contributed by atoms with Crippen LogP contribution < -0.4 is 10.1 Å². The number of amides is 1. The molecule has 0 bridgehead atoms. The summed E-state index contributed by atoms with van der Waals surface area (Å²) in [7, 11) is 0. The Hall–Kier alpha value is -4.56. The second-order valence-electron chi connectivity index (χ2n) is 14.2. The Morgan fingerprint density at radius 1 is 0.782 bits per heavy atom. The van der Waals surface area contributed by atoms with Crippen molar-refractivity contribution in [3.63, 3.8) is 0 Å². The predicted octanol–water partition coefficient (Wildman–Crippen LogP) is 11.1. The molecule has 284 valence electrons. The van der Waals surface area contributed by atoms with Crippen LogP contribution >= 0.6 is 43.6 Å². The summed E-state index contributed by atoms with van der Waals surface area (Å²) in [6.45, 7) is 11.3. The lowest BCUT2D eigenvalue weighted by molar-refractivity contribution is -0.147. The average Bonchev–Trinajstić information content (AvgIpc) is 3.14. The molecule has 5 aromatic rings. The maximum Gasteiger partial charge on any atom is 0.408 e. The zero-order valence-electron chi connectivity index (χ0n) is 31.7. The Labute approximate surface area is 345 Å². The zero-order valence-corrected chi connectivity index (χ0v) is 35.7. The highest BCUT2D eigenvalue weighted by Gasteiger charge is 2.44. The second kappa shape index (κ2) is 18.4. The third-order valence-electron chi connectivity index (χ3n) is 8.89. The molecule has 0 fully saturated rings. The van der Waals surface area contributed by atoms with E-state index in [-0.39, 0.29) is 13.2 Å². The van der Waals surface area contributed by atoms with Crippen molar-refractivity contribution >= 4 is 55.7 Å². The second-order valence-corrected chi connectivity index (χ2v) is 17.4. The van der Waals surface area contributed by atoms with E-state index in [1.807, 2.05) is 75.4 Å². The first kappa shape index (κ1) is 41.6. The summed E-state index contributed by atoms with van der Waals surface area (Å²) in [4.78, 5) is 28.3. The summed E-state index contributed by atoms with van der Waals surface area (Å²) < 4.78 is 18.6. The molecule has 55 heavy (non-hydrogen) atoms. The maximum atomic E-state index is 14.7. The van der Waals surface area contributed by atoms with E-state index in [2.05, 4.69) is 91.8 Å². The van der Waals surface area contributed by atoms with Crippen LogP contribution in [-0.4, -0.2) is 35.6 Å². The number of carbonyl (C=O) groups excluding carboxylic acids is 2. The summed E-state index contributed by atoms with van der Waals surface area (Å²) in [6.07, 6.45) is -0.770. The van der Waals surface area contributed by atoms with Crippen LogP contribution in [0.2, 0.25) is 0 Å². The lowest BCUT2D eigenvalue weighted by atomic mass is 9.84. The summed E-state index contributed by atoms with van der Waals surface area (Å²) in [5, 5.41) is 11.7. The van der Waals surface area contributed by atoms with E-state index < -0.39 is 33.7 Å². The molecular formula is C45H44Br2N2O5S. The lowest BCUT2D eigenvalue weighted by Gasteiger charge is -2.40. The van der Waals surface area contributed by atoms with E-state index in [1.54, 1.807) is 32.9 Å². The third kappa shape index (κ3) is 10.4. The quantitative estimate of drug-likeness (QED) is 0.0929. The Morgan fingerprint density at radius 3 is 1.69 bits per heavy atom. The van der Waals surface area contributed by atoms with E-state index in [9.17, 15) is 14.9 Å². The number of halogens is 2. The largest absolute Gasteiger partial charge is 0.490 e. The zero-order chi connectivity index (χ0) is 39.8. The van der Waals surface area contributed by atoms with Gasteiger partial charge in [-0.15, -0.1) is 11.8 Å². The summed E-state index contributed by atoms with van der Waals surface area (Å²) in [5.41, 5.74) is 6.48. The van der Waals surface area contributed by atoms with E-state index in [0.29, 0.717) is 20.3 Å². The van der Waals surface area contributed by atoms with Gasteiger partial charge in [-0.1, -0.05) is 109 Å². The van der Waals surface area contributed by atoms with E-state index in [4.69, 9.17) is 14.2 Å². The Balaban J connectivity index is 1.69. The van der Waals surface area contributed by atoms with Crippen molar-refractivity contribution in [2.24, 2.45) is 0 Å². The van der Waals surface area contributed by atoms with Crippen LogP contribution in [0.15, 0.2) is 124 Å². The molecule has 5 rings (SSSR count). The number of carbonyl (C=O) groups is 2. The minimum absolute atomic E-state index is 0.00936. The number of nitrogens with one attached hydrogen (secondary N) is 1. The number of alkyl carbamates (subject to hydrolysis) is 1. The van der Waals surface area contributed by atoms with Crippen LogP contribution in [-0.2, 0) is 25.6 Å². The van der Waals surface area contributed by atoms with Gasteiger partial charge in [0.05, 0.1) is 30.6 Å². The first-order valence-electron chi connectivity index (χ1n) is 17.8. The summed E-state index contributed by atoms with van der Waals surface area (Å²) >= 11 is 8.63. The number of nitrogens with zero attached hydrogens (tertiary/aromatic N) is 1. The van der Waals surface area contributed by atoms with Crippen molar-refractivity contribution in [2.75, 3.05) is 6.61 Å². The lowest BCUT2D eigenvalue weighted by Crippen LogP contribution is -2.52. The molecule has 0 saturated carbocycles. The fourth-order valence-corrected chi connectivity index (χ4v) is 9.62. The van der Waals surface area contributed by atoms with Crippen LogP contribution in [0.1, 0.15) is 65.3 Å². The Kier molecular flexibility index (Phi) is 13.9. The highest BCUT2D eigenvalue weighted by molar-refractivity contribution is 9.11. The SMILES string of the molecule is Cc1cc(C)c(COC(=O)[C@@H](NC(=O)OC(C)(C)C)[C@@H](COc2c(Br)cc(C#N)cc2Br)SC(c2ccccc2)(c2ccccc2)c2ccccc2)c(C)c1. The molecule has 0 unspecified atom stereocenters. The number of thioether (sulfide) groups is 1. The summed E-state index contributed by atoms with van der Waals surface area (Å²) in [5.74, 6) is -0.211. The standard InChI is InChI=1S/C45H44Br2N2O5S/c1-29-22-30(2)36(31(3)23-29)27-53-42(50)40(49-43(51)54-44(4,5)6)39(28-52-41-37(46)24-32(26-48)25-38(41)47)55-45(33-16-10-7-11-17-33,34-18-12-8-13-19-34)35-20-14-9-15-21-35/h7-25,39-40H,27-28H2,1-6H3,(H,49,51)/t39-,40+/m1/s1. The number of rotatable bonds is 13. The van der Waals surface area contributed by atoms with Gasteiger partial charge in [-0.05, 0) is 119 Å². The molecule has 2 atom stereocenters. The van der Waals surface area contributed by atoms with Gasteiger partial charge in [0, 0.05) is 0 Å². The van der Waals surface area contributed by atoms with Crippen LogP contribution in [0.25, 0.3) is 0 Å². The molecule has 0 heterocycles. The van der Waals surface area contributed by atoms with E-state index in [0.717, 1.165) is 38.9 Å².